The van der Waals surface area contributed by atoms with Gasteiger partial charge in [0.2, 0.25) is 5.95 Å². The van der Waals surface area contributed by atoms with E-state index in [-0.39, 0.29) is 18.1 Å². The van der Waals surface area contributed by atoms with Crippen LogP contribution in [0, 0.1) is 0 Å². The van der Waals surface area contributed by atoms with E-state index >= 15 is 0 Å². The van der Waals surface area contributed by atoms with Crippen LogP contribution in [0.15, 0.2) is 38.8 Å². The number of nitrogens with two attached hydrogens (primary N) is 1. The molecule has 3 aromatic rings. The second-order valence-corrected chi connectivity index (χ2v) is 10.0. The third kappa shape index (κ3) is 4.05. The second kappa shape index (κ2) is 8.67. The van der Waals surface area contributed by atoms with Crippen LogP contribution in [0.2, 0.25) is 0 Å². The fourth-order valence-electron chi connectivity index (χ4n) is 5.01. The van der Waals surface area contributed by atoms with Gasteiger partial charge in [0.15, 0.2) is 11.2 Å². The first kappa shape index (κ1) is 23.3. The van der Waals surface area contributed by atoms with Gasteiger partial charge in [-0.05, 0) is 45.7 Å². The van der Waals surface area contributed by atoms with E-state index in [0.29, 0.717) is 48.2 Å². The van der Waals surface area contributed by atoms with Gasteiger partial charge in [-0.1, -0.05) is 12.1 Å². The molecule has 2 aromatic heterocycles. The molecule has 10 heteroatoms. The molecule has 4 heterocycles. The lowest BCUT2D eigenvalue weighted by Crippen LogP contribution is -2.44. The van der Waals surface area contributed by atoms with Crippen molar-refractivity contribution in [3.8, 4) is 5.75 Å². The summed E-state index contributed by atoms with van der Waals surface area (Å²) in [6.45, 7) is 8.45. The third-order valence-electron chi connectivity index (χ3n) is 6.81. The maximum Gasteiger partial charge on any atom is 0.332 e. The number of fused-ring (bicyclic) bond motifs is 2. The number of aryl methyl sites for hydroxylation is 2. The average molecular weight is 480 g/mol. The Hall–Kier alpha value is -3.40. The van der Waals surface area contributed by atoms with Gasteiger partial charge in [0.25, 0.3) is 5.56 Å². The predicted molar refractivity (Wildman–Crippen MR) is 137 cm³/mol. The summed E-state index contributed by atoms with van der Waals surface area (Å²) in [4.78, 5) is 38.8. The number of aliphatic imine (C=N–C) groups is 1. The molecular weight excluding hydrogens is 446 g/mol. The van der Waals surface area contributed by atoms with E-state index < -0.39 is 11.3 Å². The molecule has 1 atom stereocenters. The highest BCUT2D eigenvalue weighted by Gasteiger charge is 2.29. The number of hydrogen-bond acceptors (Lipinski definition) is 7. The number of hydrogen-bond donors (Lipinski definition) is 1. The molecule has 5 rings (SSSR count). The van der Waals surface area contributed by atoms with Crippen LogP contribution in [-0.2, 0) is 20.1 Å². The summed E-state index contributed by atoms with van der Waals surface area (Å²) in [6.07, 6.45) is 1.94. The summed E-state index contributed by atoms with van der Waals surface area (Å²) in [6, 6.07) is 7.68. The van der Waals surface area contributed by atoms with Crippen molar-refractivity contribution in [3.05, 3.63) is 50.7 Å². The van der Waals surface area contributed by atoms with Crippen molar-refractivity contribution in [2.45, 2.75) is 58.3 Å². The Morgan fingerprint density at radius 1 is 1.20 bits per heavy atom. The average Bonchev–Trinajstić information content (AvgIpc) is 3.16. The van der Waals surface area contributed by atoms with Crippen LogP contribution in [0.25, 0.3) is 11.2 Å². The Morgan fingerprint density at radius 2 is 1.97 bits per heavy atom. The number of aromatic nitrogens is 4. The molecule has 35 heavy (non-hydrogen) atoms. The number of imidazole rings is 1. The van der Waals surface area contributed by atoms with E-state index in [1.807, 2.05) is 49.6 Å². The van der Waals surface area contributed by atoms with Crippen molar-refractivity contribution in [1.82, 2.24) is 18.7 Å². The number of piperidine rings is 1. The van der Waals surface area contributed by atoms with E-state index in [2.05, 4.69) is 4.90 Å². The number of anilines is 1. The normalized spacial score (nSPS) is 19.7. The predicted octanol–water partition coefficient (Wildman–Crippen LogP) is 1.50. The Labute approximate surface area is 203 Å². The molecule has 2 N–H and O–H groups in total. The smallest absolute Gasteiger partial charge is 0.332 e. The highest BCUT2D eigenvalue weighted by Crippen LogP contribution is 2.28. The largest absolute Gasteiger partial charge is 0.485 e. The molecule has 2 aliphatic rings. The van der Waals surface area contributed by atoms with Crippen LogP contribution in [-0.4, -0.2) is 55.7 Å². The molecule has 1 aromatic carbocycles. The molecule has 0 radical (unpaired) electrons. The van der Waals surface area contributed by atoms with Gasteiger partial charge in [-0.3, -0.25) is 18.9 Å². The molecule has 1 fully saturated rings. The molecule has 2 aliphatic heterocycles. The molecule has 186 valence electrons. The number of benzene rings is 1. The molecule has 10 nitrogen and oxygen atoms in total. The van der Waals surface area contributed by atoms with Crippen molar-refractivity contribution in [2.24, 2.45) is 17.8 Å². The first-order chi connectivity index (χ1) is 16.7. The third-order valence-corrected chi connectivity index (χ3v) is 6.81. The van der Waals surface area contributed by atoms with Crippen LogP contribution < -0.4 is 26.6 Å². The van der Waals surface area contributed by atoms with Gasteiger partial charge >= 0.3 is 5.69 Å². The zero-order valence-electron chi connectivity index (χ0n) is 20.8. The summed E-state index contributed by atoms with van der Waals surface area (Å²) in [5.41, 5.74) is 7.17. The van der Waals surface area contributed by atoms with Crippen LogP contribution in [0.4, 0.5) is 5.95 Å². The summed E-state index contributed by atoms with van der Waals surface area (Å²) < 4.78 is 10.8. The van der Waals surface area contributed by atoms with Gasteiger partial charge in [0.05, 0.1) is 18.8 Å². The van der Waals surface area contributed by atoms with Crippen molar-refractivity contribution >= 4 is 22.8 Å². The van der Waals surface area contributed by atoms with Gasteiger partial charge in [-0.2, -0.15) is 4.98 Å². The van der Waals surface area contributed by atoms with Gasteiger partial charge in [0, 0.05) is 38.3 Å². The van der Waals surface area contributed by atoms with Crippen LogP contribution in [0.3, 0.4) is 0 Å². The molecule has 1 saturated heterocycles. The topological polar surface area (TPSA) is 113 Å². The molecule has 0 bridgehead atoms. The first-order valence-electron chi connectivity index (χ1n) is 12.2. The molecule has 0 aliphatic carbocycles. The highest BCUT2D eigenvalue weighted by atomic mass is 16.5. The second-order valence-electron chi connectivity index (χ2n) is 10.0. The molecular formula is C25H33N7O3. The fourth-order valence-corrected chi connectivity index (χ4v) is 5.01. The van der Waals surface area contributed by atoms with Crippen molar-refractivity contribution in [1.29, 1.82) is 0 Å². The zero-order chi connectivity index (χ0) is 24.9. The Bertz CT molecular complexity index is 1430. The summed E-state index contributed by atoms with van der Waals surface area (Å²) >= 11 is 0. The van der Waals surface area contributed by atoms with Gasteiger partial charge in [-0.25, -0.2) is 4.79 Å². The molecule has 0 spiro atoms. The summed E-state index contributed by atoms with van der Waals surface area (Å²) in [5.74, 6) is 1.39. The van der Waals surface area contributed by atoms with Crippen LogP contribution in [0.5, 0.6) is 5.75 Å². The summed E-state index contributed by atoms with van der Waals surface area (Å²) in [5, 5.41) is 0. The lowest BCUT2D eigenvalue weighted by atomic mass is 10.1. The van der Waals surface area contributed by atoms with Gasteiger partial charge in [0.1, 0.15) is 11.4 Å². The Morgan fingerprint density at radius 3 is 2.71 bits per heavy atom. The number of nitrogens with zero attached hydrogens (tertiary/aromatic N) is 6. The standard InChI is InChI=1S/C25H33N7O3/c1-5-31-20-21(28-23(31)30-12-8-9-16(26)13-30)29(4)24(34)32(22(20)33)14-18-17-10-6-7-11-19(17)35-25(2,3)15-27-18/h6-7,10-11,16H,5,8-9,12-15,26H2,1-4H3. The van der Waals surface area contributed by atoms with E-state index in [4.69, 9.17) is 20.4 Å². The van der Waals surface area contributed by atoms with Crippen LogP contribution >= 0.6 is 0 Å². The number of rotatable bonds is 4. The van der Waals surface area contributed by atoms with Crippen molar-refractivity contribution in [2.75, 3.05) is 24.5 Å². The zero-order valence-corrected chi connectivity index (χ0v) is 20.8. The SMILES string of the molecule is CCn1c(N2CCCC(N)C2)nc2c1c(=O)n(CC1=NCC(C)(C)Oc3ccccc31)c(=O)n2C. The minimum absolute atomic E-state index is 0.0523. The maximum absolute atomic E-state index is 13.8. The minimum atomic E-state index is -0.497. The molecule has 0 amide bonds. The van der Waals surface area contributed by atoms with Crippen molar-refractivity contribution in [3.63, 3.8) is 0 Å². The quantitative estimate of drug-likeness (QED) is 0.607. The van der Waals surface area contributed by atoms with Gasteiger partial charge < -0.3 is 19.9 Å². The monoisotopic (exact) mass is 479 g/mol. The van der Waals surface area contributed by atoms with E-state index in [1.165, 1.54) is 9.13 Å². The van der Waals surface area contributed by atoms with Crippen molar-refractivity contribution < 1.29 is 4.74 Å². The minimum Gasteiger partial charge on any atom is -0.485 e. The molecule has 1 unspecified atom stereocenters. The van der Waals surface area contributed by atoms with Gasteiger partial charge in [-0.15, -0.1) is 0 Å². The highest BCUT2D eigenvalue weighted by molar-refractivity contribution is 6.03. The fraction of sp³-hybridized carbons (Fsp3) is 0.520. The molecule has 0 saturated carbocycles. The first-order valence-corrected chi connectivity index (χ1v) is 12.2. The van der Waals surface area contributed by atoms with Crippen LogP contribution in [0.1, 0.15) is 39.2 Å². The Balaban J connectivity index is 1.65. The Kier molecular flexibility index (Phi) is 5.79. The number of para-hydroxylation sites is 1. The lowest BCUT2D eigenvalue weighted by molar-refractivity contribution is 0.121. The summed E-state index contributed by atoms with van der Waals surface area (Å²) in [7, 11) is 1.66. The maximum atomic E-state index is 13.8. The van der Waals surface area contributed by atoms with E-state index in [1.54, 1.807) is 7.05 Å². The number of ether oxygens (including phenoxy) is 1. The lowest BCUT2D eigenvalue weighted by Gasteiger charge is -2.31. The van der Waals surface area contributed by atoms with E-state index in [0.717, 1.165) is 24.9 Å². The van der Waals surface area contributed by atoms with E-state index in [9.17, 15) is 9.59 Å².